The Morgan fingerprint density at radius 3 is 1.19 bits per heavy atom. The molecule has 2 unspecified atom stereocenters. The lowest BCUT2D eigenvalue weighted by Gasteiger charge is -2.54. The molecule has 0 aliphatic carbocycles. The van der Waals surface area contributed by atoms with Crippen molar-refractivity contribution in [1.82, 2.24) is 0 Å². The summed E-state index contributed by atoms with van der Waals surface area (Å²) < 4.78 is 2.64. The predicted molar refractivity (Wildman–Crippen MR) is 118 cm³/mol. The van der Waals surface area contributed by atoms with Gasteiger partial charge in [0.05, 0.1) is 27.2 Å². The van der Waals surface area contributed by atoms with E-state index >= 15 is 0 Å². The van der Waals surface area contributed by atoms with Crippen LogP contribution in [0.25, 0.3) is 0 Å². The van der Waals surface area contributed by atoms with Gasteiger partial charge in [0, 0.05) is 0 Å². The molecular weight excluding hydrogens is 316 g/mol. The average Bonchev–Trinajstić information content (AvgIpc) is 2.60. The number of piperazine rings is 1. The van der Waals surface area contributed by atoms with Crippen LogP contribution < -0.4 is 0 Å². The van der Waals surface area contributed by atoms with Crippen molar-refractivity contribution in [2.45, 2.75) is 117 Å². The fourth-order valence-corrected chi connectivity index (χ4v) is 5.09. The van der Waals surface area contributed by atoms with Gasteiger partial charge in [0.2, 0.25) is 0 Å². The third-order valence-corrected chi connectivity index (χ3v) is 7.54. The van der Waals surface area contributed by atoms with Crippen LogP contribution in [0, 0.1) is 0 Å². The number of rotatable bonds is 14. The molecule has 1 saturated heterocycles. The van der Waals surface area contributed by atoms with E-state index in [1.807, 2.05) is 0 Å². The Morgan fingerprint density at radius 1 is 0.538 bits per heavy atom. The third-order valence-electron chi connectivity index (χ3n) is 7.54. The van der Waals surface area contributed by atoms with Crippen molar-refractivity contribution in [2.75, 3.05) is 40.3 Å². The largest absolute Gasteiger partial charge is 0.314 e. The highest BCUT2D eigenvalue weighted by atomic mass is 15.5. The molecule has 2 nitrogen and oxygen atoms in total. The van der Waals surface area contributed by atoms with E-state index in [0.717, 1.165) is 12.1 Å². The zero-order chi connectivity index (χ0) is 19.5. The molecule has 1 aliphatic rings. The lowest BCUT2D eigenvalue weighted by atomic mass is 9.99. The summed E-state index contributed by atoms with van der Waals surface area (Å²) >= 11 is 0. The Hall–Kier alpha value is -0.0800. The summed E-state index contributed by atoms with van der Waals surface area (Å²) in [6, 6.07) is 1.62. The molecule has 0 N–H and O–H groups in total. The lowest BCUT2D eigenvalue weighted by Crippen LogP contribution is -2.72. The Morgan fingerprint density at radius 2 is 0.846 bits per heavy atom. The van der Waals surface area contributed by atoms with Gasteiger partial charge in [-0.2, -0.15) is 0 Å². The highest BCUT2D eigenvalue weighted by Gasteiger charge is 2.46. The Balaban J connectivity index is 2.36. The monoisotopic (exact) mass is 368 g/mol. The van der Waals surface area contributed by atoms with Gasteiger partial charge in [0.1, 0.15) is 25.2 Å². The third kappa shape index (κ3) is 7.89. The molecule has 1 fully saturated rings. The van der Waals surface area contributed by atoms with Gasteiger partial charge in [0.15, 0.2) is 0 Å². The first kappa shape index (κ1) is 24.0. The molecule has 0 aromatic carbocycles. The molecule has 0 aromatic heterocycles. The normalized spacial score (nSPS) is 32.1. The van der Waals surface area contributed by atoms with Crippen LogP contribution in [0.1, 0.15) is 105 Å². The van der Waals surface area contributed by atoms with Crippen molar-refractivity contribution >= 4 is 0 Å². The summed E-state index contributed by atoms with van der Waals surface area (Å²) in [5.41, 5.74) is 0. The van der Waals surface area contributed by atoms with Gasteiger partial charge >= 0.3 is 0 Å². The van der Waals surface area contributed by atoms with Crippen molar-refractivity contribution in [3.05, 3.63) is 0 Å². The number of hydrogen-bond donors (Lipinski definition) is 0. The molecule has 0 bridgehead atoms. The Labute approximate surface area is 166 Å². The predicted octanol–water partition coefficient (Wildman–Crippen LogP) is 6.39. The summed E-state index contributed by atoms with van der Waals surface area (Å²) in [6.07, 6.45) is 17.1. The smallest absolute Gasteiger partial charge is 0.136 e. The van der Waals surface area contributed by atoms with Gasteiger partial charge in [0.25, 0.3) is 0 Å². The van der Waals surface area contributed by atoms with Crippen LogP contribution in [0.4, 0.5) is 0 Å². The van der Waals surface area contributed by atoms with Crippen LogP contribution in [0.3, 0.4) is 0 Å². The van der Waals surface area contributed by atoms with E-state index in [1.165, 1.54) is 112 Å². The van der Waals surface area contributed by atoms with Crippen LogP contribution in [-0.2, 0) is 0 Å². The first-order valence-electron chi connectivity index (χ1n) is 12.1. The van der Waals surface area contributed by atoms with E-state index in [-0.39, 0.29) is 0 Å². The molecule has 1 heterocycles. The van der Waals surface area contributed by atoms with Crippen LogP contribution in [0.2, 0.25) is 0 Å². The van der Waals surface area contributed by atoms with E-state index in [4.69, 9.17) is 0 Å². The van der Waals surface area contributed by atoms with Crippen LogP contribution >= 0.6 is 0 Å². The number of quaternary nitrogens is 2. The standard InChI is InChI=1S/C24H52N2/c1-7-9-11-13-15-17-19-25(5)21-24(4)26(6,22-23(25)3)20-18-16-14-12-10-8-2/h23-24H,7-22H2,1-6H3/q+2/t23-,24+,25?,26?. The van der Waals surface area contributed by atoms with Crippen LogP contribution in [-0.4, -0.2) is 61.3 Å². The molecular formula is C24H52N2+2. The lowest BCUT2D eigenvalue weighted by molar-refractivity contribution is -1.05. The fourth-order valence-electron chi connectivity index (χ4n) is 5.09. The molecule has 26 heavy (non-hydrogen) atoms. The number of hydrogen-bond acceptors (Lipinski definition) is 0. The van der Waals surface area contributed by atoms with Crippen molar-refractivity contribution in [1.29, 1.82) is 0 Å². The van der Waals surface area contributed by atoms with E-state index < -0.39 is 0 Å². The minimum Gasteiger partial charge on any atom is -0.314 e. The van der Waals surface area contributed by atoms with Gasteiger partial charge in [-0.25, -0.2) is 0 Å². The minimum atomic E-state index is 0.812. The zero-order valence-corrected chi connectivity index (χ0v) is 19.4. The first-order chi connectivity index (χ1) is 12.4. The van der Waals surface area contributed by atoms with Gasteiger partial charge < -0.3 is 8.97 Å². The highest BCUT2D eigenvalue weighted by molar-refractivity contribution is 4.66. The Bertz CT molecular complexity index is 322. The average molecular weight is 369 g/mol. The highest BCUT2D eigenvalue weighted by Crippen LogP contribution is 2.28. The van der Waals surface area contributed by atoms with Gasteiger partial charge in [-0.3, -0.25) is 0 Å². The Kier molecular flexibility index (Phi) is 11.4. The second kappa shape index (κ2) is 12.4. The van der Waals surface area contributed by atoms with E-state index in [9.17, 15) is 0 Å². The van der Waals surface area contributed by atoms with Crippen molar-refractivity contribution < 1.29 is 8.97 Å². The number of nitrogens with zero attached hydrogens (tertiary/aromatic N) is 2. The summed E-state index contributed by atoms with van der Waals surface area (Å²) in [5, 5.41) is 0. The van der Waals surface area contributed by atoms with Crippen molar-refractivity contribution in [3.63, 3.8) is 0 Å². The maximum Gasteiger partial charge on any atom is 0.136 e. The molecule has 2 heteroatoms. The molecule has 4 atom stereocenters. The van der Waals surface area contributed by atoms with Crippen molar-refractivity contribution in [2.24, 2.45) is 0 Å². The van der Waals surface area contributed by atoms with E-state index in [2.05, 4.69) is 41.8 Å². The maximum atomic E-state index is 2.54. The molecule has 0 saturated carbocycles. The van der Waals surface area contributed by atoms with Gasteiger partial charge in [-0.05, 0) is 39.5 Å². The molecule has 0 amide bonds. The van der Waals surface area contributed by atoms with Crippen LogP contribution in [0.5, 0.6) is 0 Å². The molecule has 0 spiro atoms. The van der Waals surface area contributed by atoms with E-state index in [1.54, 1.807) is 0 Å². The molecule has 156 valence electrons. The van der Waals surface area contributed by atoms with Gasteiger partial charge in [-0.15, -0.1) is 0 Å². The molecule has 1 rings (SSSR count). The minimum absolute atomic E-state index is 0.812. The second-order valence-corrected chi connectivity index (χ2v) is 10.0. The summed E-state index contributed by atoms with van der Waals surface area (Å²) in [4.78, 5) is 0. The SMILES string of the molecule is CCCCCCCC[N+]1(C)C[C@H](C)[N+](C)(CCCCCCCC)C[C@H]1C. The summed E-state index contributed by atoms with van der Waals surface area (Å²) in [5.74, 6) is 0. The maximum absolute atomic E-state index is 2.54. The zero-order valence-electron chi connectivity index (χ0n) is 19.4. The van der Waals surface area contributed by atoms with E-state index in [0.29, 0.717) is 0 Å². The van der Waals surface area contributed by atoms with Crippen LogP contribution in [0.15, 0.2) is 0 Å². The quantitative estimate of drug-likeness (QED) is 0.246. The first-order valence-corrected chi connectivity index (χ1v) is 12.1. The van der Waals surface area contributed by atoms with Gasteiger partial charge in [-0.1, -0.05) is 65.2 Å². The number of unbranched alkanes of at least 4 members (excludes halogenated alkanes) is 10. The summed E-state index contributed by atoms with van der Waals surface area (Å²) in [7, 11) is 5.09. The number of likely N-dealkylation sites (N-methyl/N-ethyl adjacent to an activating group) is 2. The topological polar surface area (TPSA) is 0 Å². The molecule has 1 aliphatic heterocycles. The van der Waals surface area contributed by atoms with Crippen molar-refractivity contribution in [3.8, 4) is 0 Å². The second-order valence-electron chi connectivity index (χ2n) is 10.0. The summed E-state index contributed by atoms with van der Waals surface area (Å²) in [6.45, 7) is 15.2. The fraction of sp³-hybridized carbons (Fsp3) is 1.00. The molecule has 0 radical (unpaired) electrons. The molecule has 0 aromatic rings.